The minimum Gasteiger partial charge on any atom is -0.481 e. The molecule has 0 saturated carbocycles. The molecule has 0 radical (unpaired) electrons. The third-order valence-electron chi connectivity index (χ3n) is 5.87. The highest BCUT2D eigenvalue weighted by Crippen LogP contribution is 2.24. The van der Waals surface area contributed by atoms with E-state index in [0.717, 1.165) is 44.0 Å². The number of aliphatic carboxylic acids is 1. The fourth-order valence-corrected chi connectivity index (χ4v) is 4.23. The van der Waals surface area contributed by atoms with Crippen LogP contribution in [0.5, 0.6) is 0 Å². The molecular weight excluding hydrogens is 398 g/mol. The molecule has 2 atom stereocenters. The topological polar surface area (TPSA) is 125 Å². The lowest BCUT2D eigenvalue weighted by Crippen LogP contribution is -2.42. The van der Waals surface area contributed by atoms with Crippen molar-refractivity contribution in [1.29, 1.82) is 0 Å². The van der Waals surface area contributed by atoms with Crippen LogP contribution in [0.1, 0.15) is 68.7 Å². The number of aromatic nitrogens is 2. The highest BCUT2D eigenvalue weighted by molar-refractivity contribution is 5.76. The first-order chi connectivity index (χ1) is 14.7. The van der Waals surface area contributed by atoms with Gasteiger partial charge in [-0.1, -0.05) is 0 Å². The van der Waals surface area contributed by atoms with Gasteiger partial charge in [0.2, 0.25) is 11.8 Å². The monoisotopic (exact) mass is 433 g/mol. The zero-order valence-electron chi connectivity index (χ0n) is 19.0. The molecule has 1 aliphatic heterocycles. The van der Waals surface area contributed by atoms with Gasteiger partial charge in [-0.05, 0) is 58.1 Å². The zero-order valence-corrected chi connectivity index (χ0v) is 19.0. The van der Waals surface area contributed by atoms with Crippen molar-refractivity contribution in [2.45, 2.75) is 84.3 Å². The molecule has 2 aliphatic rings. The Kier molecular flexibility index (Phi) is 9.36. The van der Waals surface area contributed by atoms with Crippen LogP contribution < -0.4 is 10.6 Å². The summed E-state index contributed by atoms with van der Waals surface area (Å²) in [5.41, 5.74) is 3.52. The maximum atomic E-state index is 12.4. The van der Waals surface area contributed by atoms with Gasteiger partial charge in [0.25, 0.3) is 5.97 Å². The second-order valence-corrected chi connectivity index (χ2v) is 8.35. The SMILES string of the molecule is CC(=O)NC[C@H]1CC[C@@H](CC(=O)NCc2nc(C)c3c(n2)CCCC3)N1C.CC(=O)O. The van der Waals surface area contributed by atoms with Gasteiger partial charge in [-0.3, -0.25) is 19.3 Å². The first-order valence-electron chi connectivity index (χ1n) is 10.9. The Morgan fingerprint density at radius 1 is 1.06 bits per heavy atom. The van der Waals surface area contributed by atoms with Crippen molar-refractivity contribution in [2.75, 3.05) is 13.6 Å². The number of nitrogens with one attached hydrogen (secondary N) is 2. The van der Waals surface area contributed by atoms with E-state index in [1.165, 1.54) is 25.3 Å². The number of carboxylic acid groups (broad SMARTS) is 1. The van der Waals surface area contributed by atoms with E-state index in [4.69, 9.17) is 9.90 Å². The fraction of sp³-hybridized carbons (Fsp3) is 0.682. The molecule has 0 bridgehead atoms. The van der Waals surface area contributed by atoms with Gasteiger partial charge in [0, 0.05) is 50.3 Å². The van der Waals surface area contributed by atoms with E-state index in [-0.39, 0.29) is 17.9 Å². The number of carboxylic acids is 1. The van der Waals surface area contributed by atoms with E-state index >= 15 is 0 Å². The van der Waals surface area contributed by atoms with Crippen LogP contribution >= 0.6 is 0 Å². The molecule has 1 aliphatic carbocycles. The predicted molar refractivity (Wildman–Crippen MR) is 116 cm³/mol. The Bertz CT molecular complexity index is 794. The number of hydrogen-bond acceptors (Lipinski definition) is 6. The molecule has 1 saturated heterocycles. The molecule has 1 fully saturated rings. The normalized spacial score (nSPS) is 20.3. The van der Waals surface area contributed by atoms with Crippen LogP contribution in [-0.4, -0.2) is 63.4 Å². The Balaban J connectivity index is 0.000000785. The van der Waals surface area contributed by atoms with Crippen molar-refractivity contribution in [1.82, 2.24) is 25.5 Å². The molecule has 3 rings (SSSR count). The number of carbonyl (C=O) groups is 3. The Morgan fingerprint density at radius 2 is 1.71 bits per heavy atom. The van der Waals surface area contributed by atoms with Crippen molar-refractivity contribution >= 4 is 17.8 Å². The summed E-state index contributed by atoms with van der Waals surface area (Å²) in [7, 11) is 2.04. The molecule has 2 heterocycles. The second-order valence-electron chi connectivity index (χ2n) is 8.35. The summed E-state index contributed by atoms with van der Waals surface area (Å²) >= 11 is 0. The quantitative estimate of drug-likeness (QED) is 0.619. The molecule has 31 heavy (non-hydrogen) atoms. The zero-order chi connectivity index (χ0) is 23.0. The molecule has 172 valence electrons. The summed E-state index contributed by atoms with van der Waals surface area (Å²) in [5.74, 6) is -0.0965. The summed E-state index contributed by atoms with van der Waals surface area (Å²) in [6.07, 6.45) is 6.93. The molecule has 2 amide bonds. The number of aryl methyl sites for hydroxylation is 2. The van der Waals surface area contributed by atoms with Crippen molar-refractivity contribution in [2.24, 2.45) is 0 Å². The van der Waals surface area contributed by atoms with E-state index in [0.29, 0.717) is 31.4 Å². The minimum absolute atomic E-state index is 0.00932. The van der Waals surface area contributed by atoms with E-state index in [9.17, 15) is 9.59 Å². The Hall–Kier alpha value is -2.55. The number of rotatable bonds is 6. The van der Waals surface area contributed by atoms with Gasteiger partial charge in [-0.25, -0.2) is 9.97 Å². The number of likely N-dealkylation sites (N-methyl/N-ethyl adjacent to an activating group) is 1. The van der Waals surface area contributed by atoms with E-state index in [2.05, 4.69) is 25.5 Å². The number of likely N-dealkylation sites (tertiary alicyclic amines) is 1. The summed E-state index contributed by atoms with van der Waals surface area (Å²) in [4.78, 5) is 44.0. The van der Waals surface area contributed by atoms with Gasteiger partial charge in [0.05, 0.1) is 6.54 Å². The first kappa shape index (κ1) is 24.7. The van der Waals surface area contributed by atoms with Gasteiger partial charge in [0.1, 0.15) is 5.82 Å². The lowest BCUT2D eigenvalue weighted by Gasteiger charge is -2.25. The van der Waals surface area contributed by atoms with Crippen molar-refractivity contribution < 1.29 is 19.5 Å². The smallest absolute Gasteiger partial charge is 0.300 e. The molecule has 9 nitrogen and oxygen atoms in total. The van der Waals surface area contributed by atoms with Gasteiger partial charge in [0.15, 0.2) is 0 Å². The number of fused-ring (bicyclic) bond motifs is 1. The molecule has 1 aromatic heterocycles. The second kappa shape index (κ2) is 11.7. The summed E-state index contributed by atoms with van der Waals surface area (Å²) < 4.78 is 0. The molecule has 0 spiro atoms. The molecule has 9 heteroatoms. The van der Waals surface area contributed by atoms with Crippen LogP contribution in [0.3, 0.4) is 0 Å². The Morgan fingerprint density at radius 3 is 2.39 bits per heavy atom. The van der Waals surface area contributed by atoms with Crippen LogP contribution in [0.4, 0.5) is 0 Å². The molecule has 1 aromatic rings. The molecule has 0 aromatic carbocycles. The first-order valence-corrected chi connectivity index (χ1v) is 10.9. The van der Waals surface area contributed by atoms with Crippen LogP contribution in [0.25, 0.3) is 0 Å². The number of carbonyl (C=O) groups excluding carboxylic acids is 2. The number of nitrogens with zero attached hydrogens (tertiary/aromatic N) is 3. The number of hydrogen-bond donors (Lipinski definition) is 3. The fourth-order valence-electron chi connectivity index (χ4n) is 4.23. The average Bonchev–Trinajstić information content (AvgIpc) is 3.04. The Labute approximate surface area is 184 Å². The van der Waals surface area contributed by atoms with Crippen LogP contribution in [0, 0.1) is 6.92 Å². The van der Waals surface area contributed by atoms with E-state index in [1.54, 1.807) is 0 Å². The van der Waals surface area contributed by atoms with Crippen LogP contribution in [-0.2, 0) is 33.8 Å². The van der Waals surface area contributed by atoms with Gasteiger partial charge in [-0.2, -0.15) is 0 Å². The largest absolute Gasteiger partial charge is 0.481 e. The minimum atomic E-state index is -0.833. The molecular formula is C22H35N5O4. The standard InChI is InChI=1S/C20H31N5O2.C2H4O2/c1-13-17-6-4-5-7-18(17)24-19(23-13)12-22-20(27)10-15-8-9-16(25(15)3)11-21-14(2)26;1-2(3)4/h15-16H,4-12H2,1-3H3,(H,21,26)(H,22,27);1H3,(H,3,4)/t15-,16+;/m0./s1. The van der Waals surface area contributed by atoms with Crippen molar-refractivity contribution in [3.05, 3.63) is 22.8 Å². The summed E-state index contributed by atoms with van der Waals surface area (Å²) in [5, 5.41) is 13.3. The number of amides is 2. The highest BCUT2D eigenvalue weighted by atomic mass is 16.4. The lowest BCUT2D eigenvalue weighted by atomic mass is 9.95. The van der Waals surface area contributed by atoms with Crippen LogP contribution in [0.2, 0.25) is 0 Å². The lowest BCUT2D eigenvalue weighted by molar-refractivity contribution is -0.134. The van der Waals surface area contributed by atoms with Crippen molar-refractivity contribution in [3.8, 4) is 0 Å². The van der Waals surface area contributed by atoms with Gasteiger partial charge < -0.3 is 15.7 Å². The van der Waals surface area contributed by atoms with Crippen molar-refractivity contribution in [3.63, 3.8) is 0 Å². The predicted octanol–water partition coefficient (Wildman–Crippen LogP) is 1.36. The van der Waals surface area contributed by atoms with E-state index < -0.39 is 5.97 Å². The highest BCUT2D eigenvalue weighted by Gasteiger charge is 2.31. The van der Waals surface area contributed by atoms with Gasteiger partial charge >= 0.3 is 0 Å². The third-order valence-corrected chi connectivity index (χ3v) is 5.87. The molecule has 3 N–H and O–H groups in total. The van der Waals surface area contributed by atoms with Crippen LogP contribution in [0.15, 0.2) is 0 Å². The summed E-state index contributed by atoms with van der Waals surface area (Å²) in [6.45, 7) is 5.69. The van der Waals surface area contributed by atoms with Gasteiger partial charge in [-0.15, -0.1) is 0 Å². The van der Waals surface area contributed by atoms with E-state index in [1.807, 2.05) is 14.0 Å². The maximum absolute atomic E-state index is 12.4. The summed E-state index contributed by atoms with van der Waals surface area (Å²) in [6, 6.07) is 0.522. The third kappa shape index (κ3) is 7.90. The molecule has 0 unspecified atom stereocenters. The average molecular weight is 434 g/mol. The maximum Gasteiger partial charge on any atom is 0.300 e.